The number of aliphatic imine (C=N–C) groups is 1. The Labute approximate surface area is 106 Å². The van der Waals surface area contributed by atoms with Crippen molar-refractivity contribution in [1.82, 2.24) is 0 Å². The summed E-state index contributed by atoms with van der Waals surface area (Å²) in [5.41, 5.74) is 5.72. The van der Waals surface area contributed by atoms with Gasteiger partial charge in [-0.15, -0.1) is 0 Å². The van der Waals surface area contributed by atoms with Crippen LogP contribution in [0.2, 0.25) is 0 Å². The molecule has 0 N–H and O–H groups in total. The first-order valence-electron chi connectivity index (χ1n) is 6.14. The van der Waals surface area contributed by atoms with E-state index in [9.17, 15) is 4.39 Å². The molecule has 2 aromatic rings. The summed E-state index contributed by atoms with van der Waals surface area (Å²) in [6, 6.07) is 13.0. The molecule has 18 heavy (non-hydrogen) atoms. The summed E-state index contributed by atoms with van der Waals surface area (Å²) < 4.78 is 13.0. The van der Waals surface area contributed by atoms with E-state index in [2.05, 4.69) is 30.1 Å². The maximum atomic E-state index is 13.0. The van der Waals surface area contributed by atoms with Crippen LogP contribution in [0.5, 0.6) is 0 Å². The molecule has 3 rings (SSSR count). The van der Waals surface area contributed by atoms with Crippen LogP contribution >= 0.6 is 0 Å². The number of nitrogens with zero attached hydrogens (tertiary/aromatic N) is 1. The smallest absolute Gasteiger partial charge is 0.123 e. The van der Waals surface area contributed by atoms with Crippen molar-refractivity contribution in [1.29, 1.82) is 0 Å². The van der Waals surface area contributed by atoms with E-state index >= 15 is 0 Å². The lowest BCUT2D eigenvalue weighted by Gasteiger charge is -2.17. The molecule has 0 unspecified atom stereocenters. The minimum Gasteiger partial charge on any atom is -0.284 e. The Kier molecular flexibility index (Phi) is 2.71. The van der Waals surface area contributed by atoms with Gasteiger partial charge in [-0.1, -0.05) is 17.7 Å². The average Bonchev–Trinajstić information content (AvgIpc) is 2.39. The molecule has 0 atom stereocenters. The Balaban J connectivity index is 2.11. The van der Waals surface area contributed by atoms with E-state index in [1.54, 1.807) is 12.1 Å². The highest BCUT2D eigenvalue weighted by Crippen LogP contribution is 2.21. The van der Waals surface area contributed by atoms with Crippen LogP contribution in [0.3, 0.4) is 0 Å². The first kappa shape index (κ1) is 11.1. The van der Waals surface area contributed by atoms with E-state index in [1.807, 2.05) is 0 Å². The van der Waals surface area contributed by atoms with Crippen LogP contribution in [0, 0.1) is 12.7 Å². The van der Waals surface area contributed by atoms with Crippen LogP contribution in [0.1, 0.15) is 22.3 Å². The first-order chi connectivity index (χ1) is 8.74. The molecule has 1 aliphatic rings. The van der Waals surface area contributed by atoms with Crippen molar-refractivity contribution in [2.45, 2.75) is 13.3 Å². The van der Waals surface area contributed by atoms with Gasteiger partial charge in [-0.2, -0.15) is 0 Å². The predicted molar refractivity (Wildman–Crippen MR) is 71.8 cm³/mol. The molecule has 0 spiro atoms. The van der Waals surface area contributed by atoms with Gasteiger partial charge in [0.2, 0.25) is 0 Å². The van der Waals surface area contributed by atoms with Gasteiger partial charge >= 0.3 is 0 Å². The molecule has 1 aliphatic heterocycles. The molecule has 0 radical (unpaired) electrons. The number of hydrogen-bond acceptors (Lipinski definition) is 1. The molecule has 2 aromatic carbocycles. The van der Waals surface area contributed by atoms with E-state index in [0.29, 0.717) is 0 Å². The van der Waals surface area contributed by atoms with Crippen LogP contribution in [-0.4, -0.2) is 12.3 Å². The number of hydrogen-bond donors (Lipinski definition) is 0. The molecular weight excluding hydrogens is 225 g/mol. The molecule has 0 amide bonds. The van der Waals surface area contributed by atoms with Crippen molar-refractivity contribution in [2.24, 2.45) is 4.99 Å². The predicted octanol–water partition coefficient (Wildman–Crippen LogP) is 3.53. The largest absolute Gasteiger partial charge is 0.284 e. The number of aryl methyl sites for hydroxylation is 1. The highest BCUT2D eigenvalue weighted by Gasteiger charge is 2.15. The van der Waals surface area contributed by atoms with Gasteiger partial charge in [-0.3, -0.25) is 4.99 Å². The summed E-state index contributed by atoms with van der Waals surface area (Å²) >= 11 is 0. The Morgan fingerprint density at radius 1 is 1.06 bits per heavy atom. The van der Waals surface area contributed by atoms with Gasteiger partial charge in [-0.25, -0.2) is 4.39 Å². The average molecular weight is 239 g/mol. The summed E-state index contributed by atoms with van der Waals surface area (Å²) in [4.78, 5) is 4.61. The van der Waals surface area contributed by atoms with Crippen molar-refractivity contribution >= 4 is 5.71 Å². The van der Waals surface area contributed by atoms with Gasteiger partial charge in [0.05, 0.1) is 5.71 Å². The molecule has 0 fully saturated rings. The van der Waals surface area contributed by atoms with E-state index < -0.39 is 0 Å². The lowest BCUT2D eigenvalue weighted by molar-refractivity contribution is 0.628. The number of rotatable bonds is 1. The fourth-order valence-corrected chi connectivity index (χ4v) is 2.36. The maximum Gasteiger partial charge on any atom is 0.123 e. The van der Waals surface area contributed by atoms with Crippen molar-refractivity contribution < 1.29 is 4.39 Å². The zero-order chi connectivity index (χ0) is 12.5. The molecule has 90 valence electrons. The van der Waals surface area contributed by atoms with Crippen LogP contribution in [0.25, 0.3) is 0 Å². The first-order valence-corrected chi connectivity index (χ1v) is 6.14. The second-order valence-electron chi connectivity index (χ2n) is 4.65. The quantitative estimate of drug-likeness (QED) is 0.722. The highest BCUT2D eigenvalue weighted by molar-refractivity contribution is 6.14. The lowest BCUT2D eigenvalue weighted by atomic mass is 9.92. The van der Waals surface area contributed by atoms with E-state index in [4.69, 9.17) is 0 Å². The van der Waals surface area contributed by atoms with Gasteiger partial charge in [0, 0.05) is 17.7 Å². The molecule has 0 bridgehead atoms. The number of fused-ring (bicyclic) bond motifs is 1. The Bertz CT molecular complexity index is 611. The molecule has 2 heteroatoms. The lowest BCUT2D eigenvalue weighted by Crippen LogP contribution is -2.14. The third-order valence-electron chi connectivity index (χ3n) is 3.29. The summed E-state index contributed by atoms with van der Waals surface area (Å²) in [5.74, 6) is -0.209. The monoisotopic (exact) mass is 239 g/mol. The van der Waals surface area contributed by atoms with Gasteiger partial charge < -0.3 is 0 Å². The zero-order valence-electron chi connectivity index (χ0n) is 10.3. The minimum absolute atomic E-state index is 0.209. The van der Waals surface area contributed by atoms with Gasteiger partial charge in [0.15, 0.2) is 0 Å². The molecule has 1 nitrogen and oxygen atoms in total. The Morgan fingerprint density at radius 3 is 2.61 bits per heavy atom. The van der Waals surface area contributed by atoms with Gasteiger partial charge in [0.1, 0.15) is 5.82 Å². The fraction of sp³-hybridized carbons (Fsp3) is 0.188. The van der Waals surface area contributed by atoms with Crippen LogP contribution < -0.4 is 0 Å². The standard InChI is InChI=1S/C16H14FN/c1-11-2-3-12-8-9-18-16(15(12)10-11)13-4-6-14(17)7-5-13/h2-7,10H,8-9H2,1H3. The van der Waals surface area contributed by atoms with Crippen LogP contribution in [0.15, 0.2) is 47.5 Å². The highest BCUT2D eigenvalue weighted by atomic mass is 19.1. The molecule has 0 saturated heterocycles. The fourth-order valence-electron chi connectivity index (χ4n) is 2.36. The normalized spacial score (nSPS) is 14.0. The van der Waals surface area contributed by atoms with Crippen molar-refractivity contribution in [3.05, 3.63) is 70.5 Å². The van der Waals surface area contributed by atoms with E-state index in [-0.39, 0.29) is 5.82 Å². The van der Waals surface area contributed by atoms with E-state index in [0.717, 1.165) is 24.2 Å². The summed E-state index contributed by atoms with van der Waals surface area (Å²) in [6.07, 6.45) is 0.986. The summed E-state index contributed by atoms with van der Waals surface area (Å²) in [6.45, 7) is 2.89. The summed E-state index contributed by atoms with van der Waals surface area (Å²) in [5, 5.41) is 0. The molecular formula is C16H14FN. The van der Waals surface area contributed by atoms with Crippen molar-refractivity contribution in [2.75, 3.05) is 6.54 Å². The van der Waals surface area contributed by atoms with Gasteiger partial charge in [-0.05, 0) is 49.2 Å². The van der Waals surface area contributed by atoms with Crippen LogP contribution in [-0.2, 0) is 6.42 Å². The molecule has 0 aliphatic carbocycles. The van der Waals surface area contributed by atoms with Crippen molar-refractivity contribution in [3.8, 4) is 0 Å². The topological polar surface area (TPSA) is 12.4 Å². The Hall–Kier alpha value is -1.96. The molecule has 0 aromatic heterocycles. The number of benzene rings is 2. The second-order valence-corrected chi connectivity index (χ2v) is 4.65. The Morgan fingerprint density at radius 2 is 1.83 bits per heavy atom. The second kappa shape index (κ2) is 4.37. The van der Waals surface area contributed by atoms with Crippen LogP contribution in [0.4, 0.5) is 4.39 Å². The maximum absolute atomic E-state index is 13.0. The van der Waals surface area contributed by atoms with E-state index in [1.165, 1.54) is 28.8 Å². The third-order valence-corrected chi connectivity index (χ3v) is 3.29. The SMILES string of the molecule is Cc1ccc2c(c1)C(c1ccc(F)cc1)=NCC2. The number of halogens is 1. The summed E-state index contributed by atoms with van der Waals surface area (Å²) in [7, 11) is 0. The van der Waals surface area contributed by atoms with Gasteiger partial charge in [0.25, 0.3) is 0 Å². The minimum atomic E-state index is -0.209. The van der Waals surface area contributed by atoms with Crippen molar-refractivity contribution in [3.63, 3.8) is 0 Å². The molecule has 1 heterocycles. The molecule has 0 saturated carbocycles. The third kappa shape index (κ3) is 1.94. The zero-order valence-corrected chi connectivity index (χ0v) is 10.3.